The van der Waals surface area contributed by atoms with E-state index in [0.29, 0.717) is 26.7 Å². The van der Waals surface area contributed by atoms with Crippen LogP contribution in [-0.2, 0) is 0 Å². The molecule has 0 atom stereocenters. The van der Waals surface area contributed by atoms with Gasteiger partial charge in [0, 0.05) is 19.2 Å². The number of benzene rings is 1. The van der Waals surface area contributed by atoms with Gasteiger partial charge in [-0.05, 0) is 37.5 Å². The molecular formula is C15H15Cl2NO2S. The van der Waals surface area contributed by atoms with Crippen LogP contribution in [0.2, 0.25) is 10.0 Å². The fraction of sp³-hybridized carbons (Fsp3) is 0.400. The molecule has 2 rings (SSSR count). The quantitative estimate of drug-likeness (QED) is 0.606. The van der Waals surface area contributed by atoms with Crippen LogP contribution in [0.1, 0.15) is 19.3 Å². The van der Waals surface area contributed by atoms with Crippen LogP contribution in [0.4, 0.5) is 0 Å². The second kappa shape index (κ2) is 7.74. The molecule has 0 N–H and O–H groups in total. The van der Waals surface area contributed by atoms with E-state index in [1.165, 1.54) is 6.42 Å². The van der Waals surface area contributed by atoms with Gasteiger partial charge in [0.05, 0.1) is 10.0 Å². The van der Waals surface area contributed by atoms with Crippen LogP contribution >= 0.6 is 35.4 Å². The number of likely N-dealkylation sites (tertiary alicyclic amines) is 1. The van der Waals surface area contributed by atoms with E-state index >= 15 is 0 Å². The molecule has 1 aromatic carbocycles. The fourth-order valence-electron chi connectivity index (χ4n) is 2.05. The molecule has 1 saturated heterocycles. The molecule has 0 bridgehead atoms. The minimum atomic E-state index is 0.122. The monoisotopic (exact) mass is 343 g/mol. The summed E-state index contributed by atoms with van der Waals surface area (Å²) in [5.41, 5.74) is 0. The van der Waals surface area contributed by atoms with Crippen LogP contribution in [0.15, 0.2) is 12.1 Å². The molecule has 6 heteroatoms. The molecule has 1 heterocycles. The van der Waals surface area contributed by atoms with Crippen LogP contribution in [0, 0.1) is 12.3 Å². The van der Waals surface area contributed by atoms with E-state index in [4.69, 9.17) is 51.3 Å². The van der Waals surface area contributed by atoms with Gasteiger partial charge in [0.25, 0.3) is 5.17 Å². The molecule has 0 spiro atoms. The molecule has 0 aromatic heterocycles. The Morgan fingerprint density at radius 3 is 2.52 bits per heavy atom. The van der Waals surface area contributed by atoms with Crippen molar-refractivity contribution < 1.29 is 9.47 Å². The SMILES string of the molecule is C#CCOc1cc(OC(=S)N2CCCCC2)c(Cl)cc1Cl. The first-order chi connectivity index (χ1) is 10.1. The Morgan fingerprint density at radius 1 is 1.19 bits per heavy atom. The summed E-state index contributed by atoms with van der Waals surface area (Å²) in [5.74, 6) is 3.23. The lowest BCUT2D eigenvalue weighted by atomic mass is 10.1. The minimum Gasteiger partial charge on any atom is -0.479 e. The van der Waals surface area contributed by atoms with Crippen LogP contribution in [0.5, 0.6) is 11.5 Å². The van der Waals surface area contributed by atoms with E-state index in [-0.39, 0.29) is 6.61 Å². The van der Waals surface area contributed by atoms with Crippen molar-refractivity contribution in [3.8, 4) is 23.8 Å². The van der Waals surface area contributed by atoms with E-state index in [2.05, 4.69) is 5.92 Å². The number of hydrogen-bond acceptors (Lipinski definition) is 3. The predicted octanol–water partition coefficient (Wildman–Crippen LogP) is 4.16. The van der Waals surface area contributed by atoms with Crippen molar-refractivity contribution in [1.29, 1.82) is 0 Å². The number of rotatable bonds is 3. The van der Waals surface area contributed by atoms with Gasteiger partial charge < -0.3 is 14.4 Å². The first-order valence-corrected chi connectivity index (χ1v) is 7.80. The van der Waals surface area contributed by atoms with Crippen molar-refractivity contribution >= 4 is 40.6 Å². The lowest BCUT2D eigenvalue weighted by Crippen LogP contribution is -2.37. The fourth-order valence-corrected chi connectivity index (χ4v) is 2.80. The van der Waals surface area contributed by atoms with Gasteiger partial charge in [0.1, 0.15) is 12.4 Å². The first kappa shape index (κ1) is 16.2. The molecule has 1 aliphatic rings. The van der Waals surface area contributed by atoms with Gasteiger partial charge >= 0.3 is 0 Å². The second-order valence-corrected chi connectivity index (χ2v) is 5.79. The van der Waals surface area contributed by atoms with Crippen molar-refractivity contribution in [3.05, 3.63) is 22.2 Å². The summed E-state index contributed by atoms with van der Waals surface area (Å²) in [7, 11) is 0. The number of piperidine rings is 1. The third-order valence-electron chi connectivity index (χ3n) is 3.11. The molecule has 21 heavy (non-hydrogen) atoms. The molecule has 112 valence electrons. The molecule has 1 aliphatic heterocycles. The third kappa shape index (κ3) is 4.41. The normalized spacial score (nSPS) is 14.4. The van der Waals surface area contributed by atoms with Gasteiger partial charge in [-0.2, -0.15) is 0 Å². The second-order valence-electron chi connectivity index (χ2n) is 4.62. The Hall–Kier alpha value is -1.15. The largest absolute Gasteiger partial charge is 0.479 e. The number of nitrogens with zero attached hydrogens (tertiary/aromatic N) is 1. The van der Waals surface area contributed by atoms with Crippen LogP contribution in [0.3, 0.4) is 0 Å². The standard InChI is InChI=1S/C15H15Cl2NO2S/c1-2-8-19-13-10-14(12(17)9-11(13)16)20-15(21)18-6-4-3-5-7-18/h1,9-10H,3-8H2. The average molecular weight is 344 g/mol. The number of ether oxygens (including phenoxy) is 2. The topological polar surface area (TPSA) is 21.7 Å². The molecule has 0 unspecified atom stereocenters. The first-order valence-electron chi connectivity index (χ1n) is 6.64. The zero-order chi connectivity index (χ0) is 15.2. The van der Waals surface area contributed by atoms with Gasteiger partial charge in [-0.3, -0.25) is 0 Å². The van der Waals surface area contributed by atoms with Crippen LogP contribution in [0.25, 0.3) is 0 Å². The van der Waals surface area contributed by atoms with E-state index < -0.39 is 0 Å². The molecule has 0 saturated carbocycles. The van der Waals surface area contributed by atoms with Crippen LogP contribution in [-0.4, -0.2) is 29.8 Å². The molecule has 1 fully saturated rings. The number of halogens is 2. The van der Waals surface area contributed by atoms with E-state index in [0.717, 1.165) is 25.9 Å². The van der Waals surface area contributed by atoms with Crippen molar-refractivity contribution in [2.24, 2.45) is 0 Å². The van der Waals surface area contributed by atoms with Crippen molar-refractivity contribution in [2.45, 2.75) is 19.3 Å². The van der Waals surface area contributed by atoms with E-state index in [1.54, 1.807) is 12.1 Å². The summed E-state index contributed by atoms with van der Waals surface area (Å²) in [6, 6.07) is 3.17. The van der Waals surface area contributed by atoms with Gasteiger partial charge in [0.2, 0.25) is 0 Å². The van der Waals surface area contributed by atoms with Gasteiger partial charge in [0.15, 0.2) is 5.75 Å². The van der Waals surface area contributed by atoms with Crippen molar-refractivity contribution in [2.75, 3.05) is 19.7 Å². The summed E-state index contributed by atoms with van der Waals surface area (Å²) in [6.07, 6.45) is 8.64. The Morgan fingerprint density at radius 2 is 1.86 bits per heavy atom. The Kier molecular flexibility index (Phi) is 5.98. The summed E-state index contributed by atoms with van der Waals surface area (Å²) < 4.78 is 11.0. The van der Waals surface area contributed by atoms with Crippen molar-refractivity contribution in [3.63, 3.8) is 0 Å². The maximum atomic E-state index is 6.14. The third-order valence-corrected chi connectivity index (χ3v) is 4.04. The predicted molar refractivity (Wildman–Crippen MR) is 89.4 cm³/mol. The highest BCUT2D eigenvalue weighted by Crippen LogP contribution is 2.36. The summed E-state index contributed by atoms with van der Waals surface area (Å²) >= 11 is 17.5. The highest BCUT2D eigenvalue weighted by atomic mass is 35.5. The van der Waals surface area contributed by atoms with Gasteiger partial charge in [-0.1, -0.05) is 29.1 Å². The number of thiocarbonyl (C=S) groups is 1. The van der Waals surface area contributed by atoms with E-state index in [1.807, 2.05) is 4.90 Å². The summed E-state index contributed by atoms with van der Waals surface area (Å²) in [5, 5.41) is 1.18. The Labute approximate surface area is 140 Å². The number of hydrogen-bond donors (Lipinski definition) is 0. The highest BCUT2D eigenvalue weighted by Gasteiger charge is 2.17. The Bertz CT molecular complexity index is 566. The van der Waals surface area contributed by atoms with Crippen molar-refractivity contribution in [1.82, 2.24) is 4.90 Å². The molecule has 1 aromatic rings. The maximum absolute atomic E-state index is 6.14. The van der Waals surface area contributed by atoms with Crippen LogP contribution < -0.4 is 9.47 Å². The zero-order valence-electron chi connectivity index (χ0n) is 11.4. The smallest absolute Gasteiger partial charge is 0.264 e. The molecular weight excluding hydrogens is 329 g/mol. The number of terminal acetylenes is 1. The zero-order valence-corrected chi connectivity index (χ0v) is 13.7. The average Bonchev–Trinajstić information content (AvgIpc) is 2.49. The Balaban J connectivity index is 2.11. The van der Waals surface area contributed by atoms with Gasteiger partial charge in [-0.15, -0.1) is 6.42 Å². The maximum Gasteiger partial charge on any atom is 0.264 e. The summed E-state index contributed by atoms with van der Waals surface area (Å²) in [4.78, 5) is 2.03. The molecule has 0 amide bonds. The molecule has 0 aliphatic carbocycles. The highest BCUT2D eigenvalue weighted by molar-refractivity contribution is 7.80. The lowest BCUT2D eigenvalue weighted by molar-refractivity contribution is 0.299. The van der Waals surface area contributed by atoms with E-state index in [9.17, 15) is 0 Å². The summed E-state index contributed by atoms with van der Waals surface area (Å²) in [6.45, 7) is 1.94. The molecule has 0 radical (unpaired) electrons. The minimum absolute atomic E-state index is 0.122. The molecule has 3 nitrogen and oxygen atoms in total. The van der Waals surface area contributed by atoms with Gasteiger partial charge in [-0.25, -0.2) is 0 Å². The lowest BCUT2D eigenvalue weighted by Gasteiger charge is -2.28.